The summed E-state index contributed by atoms with van der Waals surface area (Å²) in [6.45, 7) is 0.866. The first-order valence-corrected chi connectivity index (χ1v) is 7.06. The van der Waals surface area contributed by atoms with Gasteiger partial charge in [0.15, 0.2) is 0 Å². The fourth-order valence-electron chi connectivity index (χ4n) is 2.49. The summed E-state index contributed by atoms with van der Waals surface area (Å²) >= 11 is 0. The SMILES string of the molecule is O=C(c1cccc(C(F)(F)F)c1)N1CCO[C@@H](c2ccco2)C1. The van der Waals surface area contributed by atoms with Gasteiger partial charge in [-0.25, -0.2) is 0 Å². The molecule has 23 heavy (non-hydrogen) atoms. The second-order valence-corrected chi connectivity index (χ2v) is 5.20. The average Bonchev–Trinajstić information content (AvgIpc) is 3.08. The molecule has 1 aliphatic rings. The molecule has 3 rings (SSSR count). The molecule has 1 amide bonds. The number of hydrogen-bond donors (Lipinski definition) is 0. The summed E-state index contributed by atoms with van der Waals surface area (Å²) in [4.78, 5) is 13.9. The molecule has 0 radical (unpaired) electrons. The van der Waals surface area contributed by atoms with Gasteiger partial charge in [-0.3, -0.25) is 4.79 Å². The summed E-state index contributed by atoms with van der Waals surface area (Å²) in [5.74, 6) is 0.141. The Labute approximate surface area is 130 Å². The lowest BCUT2D eigenvalue weighted by atomic mass is 10.1. The van der Waals surface area contributed by atoms with E-state index in [1.807, 2.05) is 0 Å². The van der Waals surface area contributed by atoms with Crippen LogP contribution in [-0.2, 0) is 10.9 Å². The van der Waals surface area contributed by atoms with Crippen LogP contribution in [0.3, 0.4) is 0 Å². The van der Waals surface area contributed by atoms with Crippen LogP contribution in [0.2, 0.25) is 0 Å². The molecule has 1 aliphatic heterocycles. The van der Waals surface area contributed by atoms with Gasteiger partial charge in [0.2, 0.25) is 0 Å². The molecular formula is C16H14F3NO3. The lowest BCUT2D eigenvalue weighted by Crippen LogP contribution is -2.42. The van der Waals surface area contributed by atoms with Crippen molar-refractivity contribution in [3.8, 4) is 0 Å². The van der Waals surface area contributed by atoms with E-state index in [4.69, 9.17) is 9.15 Å². The number of hydrogen-bond acceptors (Lipinski definition) is 3. The number of morpholine rings is 1. The van der Waals surface area contributed by atoms with Crippen molar-refractivity contribution in [2.45, 2.75) is 12.3 Å². The van der Waals surface area contributed by atoms with Gasteiger partial charge in [0.25, 0.3) is 5.91 Å². The summed E-state index contributed by atoms with van der Waals surface area (Å²) in [6.07, 6.45) is -3.38. The third kappa shape index (κ3) is 3.39. The van der Waals surface area contributed by atoms with E-state index >= 15 is 0 Å². The molecule has 1 fully saturated rings. The fourth-order valence-corrected chi connectivity index (χ4v) is 2.49. The molecule has 1 aromatic heterocycles. The minimum Gasteiger partial charge on any atom is -0.467 e. The Morgan fingerprint density at radius 1 is 1.22 bits per heavy atom. The van der Waals surface area contributed by atoms with Gasteiger partial charge in [-0.2, -0.15) is 13.2 Å². The highest BCUT2D eigenvalue weighted by molar-refractivity contribution is 5.94. The van der Waals surface area contributed by atoms with Crippen LogP contribution in [0.4, 0.5) is 13.2 Å². The first kappa shape index (κ1) is 15.6. The van der Waals surface area contributed by atoms with Crippen LogP contribution in [0.15, 0.2) is 47.1 Å². The normalized spacial score (nSPS) is 18.9. The second-order valence-electron chi connectivity index (χ2n) is 5.20. The Hall–Kier alpha value is -2.28. The molecule has 2 aromatic rings. The molecule has 0 spiro atoms. The molecule has 7 heteroatoms. The number of furan rings is 1. The molecule has 0 bridgehead atoms. The van der Waals surface area contributed by atoms with Crippen LogP contribution in [-0.4, -0.2) is 30.5 Å². The number of alkyl halides is 3. The standard InChI is InChI=1S/C16H14F3NO3/c17-16(18,19)12-4-1-3-11(9-12)15(21)20-6-8-23-14(10-20)13-5-2-7-22-13/h1-5,7,9,14H,6,8,10H2/t14-/m1/s1. The van der Waals surface area contributed by atoms with Gasteiger partial charge in [-0.05, 0) is 30.3 Å². The lowest BCUT2D eigenvalue weighted by Gasteiger charge is -2.32. The van der Waals surface area contributed by atoms with E-state index in [0.29, 0.717) is 18.9 Å². The highest BCUT2D eigenvalue weighted by atomic mass is 19.4. The maximum atomic E-state index is 12.8. The Morgan fingerprint density at radius 2 is 2.04 bits per heavy atom. The molecule has 0 N–H and O–H groups in total. The van der Waals surface area contributed by atoms with Crippen molar-refractivity contribution in [1.82, 2.24) is 4.90 Å². The first-order valence-electron chi connectivity index (χ1n) is 7.06. The average molecular weight is 325 g/mol. The molecule has 1 aromatic carbocycles. The molecule has 0 saturated carbocycles. The van der Waals surface area contributed by atoms with Crippen molar-refractivity contribution in [3.63, 3.8) is 0 Å². The third-order valence-electron chi connectivity index (χ3n) is 3.65. The van der Waals surface area contributed by atoms with Gasteiger partial charge in [0.05, 0.1) is 25.0 Å². The van der Waals surface area contributed by atoms with Crippen LogP contribution in [0, 0.1) is 0 Å². The Bertz CT molecular complexity index is 682. The van der Waals surface area contributed by atoms with Crippen molar-refractivity contribution in [2.24, 2.45) is 0 Å². The maximum Gasteiger partial charge on any atom is 0.416 e. The summed E-state index contributed by atoms with van der Waals surface area (Å²) < 4.78 is 49.1. The molecule has 122 valence electrons. The highest BCUT2D eigenvalue weighted by Gasteiger charge is 2.32. The maximum absolute atomic E-state index is 12.8. The van der Waals surface area contributed by atoms with Gasteiger partial charge < -0.3 is 14.1 Å². The van der Waals surface area contributed by atoms with Gasteiger partial charge in [-0.1, -0.05) is 6.07 Å². The predicted molar refractivity (Wildman–Crippen MR) is 74.7 cm³/mol. The van der Waals surface area contributed by atoms with E-state index in [2.05, 4.69) is 0 Å². The van der Waals surface area contributed by atoms with Crippen LogP contribution in [0.1, 0.15) is 27.8 Å². The minimum absolute atomic E-state index is 0.0138. The molecule has 0 aliphatic carbocycles. The van der Waals surface area contributed by atoms with Gasteiger partial charge >= 0.3 is 6.18 Å². The van der Waals surface area contributed by atoms with Crippen molar-refractivity contribution >= 4 is 5.91 Å². The number of amides is 1. The zero-order chi connectivity index (χ0) is 16.4. The molecule has 1 saturated heterocycles. The van der Waals surface area contributed by atoms with Crippen molar-refractivity contribution in [2.75, 3.05) is 19.7 Å². The highest BCUT2D eigenvalue weighted by Crippen LogP contribution is 2.30. The minimum atomic E-state index is -4.47. The number of benzene rings is 1. The summed E-state index contributed by atoms with van der Waals surface area (Å²) in [5.41, 5.74) is -0.820. The number of halogens is 3. The summed E-state index contributed by atoms with van der Waals surface area (Å²) in [7, 11) is 0. The molecular weight excluding hydrogens is 311 g/mol. The van der Waals surface area contributed by atoms with E-state index in [-0.39, 0.29) is 12.1 Å². The van der Waals surface area contributed by atoms with Crippen LogP contribution in [0.5, 0.6) is 0 Å². The van der Waals surface area contributed by atoms with E-state index in [0.717, 1.165) is 12.1 Å². The number of carbonyl (C=O) groups excluding carboxylic acids is 1. The van der Waals surface area contributed by atoms with Crippen molar-refractivity contribution < 1.29 is 27.1 Å². The van der Waals surface area contributed by atoms with E-state index in [1.54, 1.807) is 12.1 Å². The Kier molecular flexibility index (Phi) is 4.12. The Balaban J connectivity index is 1.77. The largest absolute Gasteiger partial charge is 0.467 e. The molecule has 2 heterocycles. The van der Waals surface area contributed by atoms with E-state index < -0.39 is 23.8 Å². The van der Waals surface area contributed by atoms with Crippen LogP contribution >= 0.6 is 0 Å². The van der Waals surface area contributed by atoms with E-state index in [1.165, 1.54) is 23.3 Å². The van der Waals surface area contributed by atoms with Crippen LogP contribution in [0.25, 0.3) is 0 Å². The predicted octanol–water partition coefficient (Wildman–Crippen LogP) is 3.51. The number of ether oxygens (including phenoxy) is 1. The van der Waals surface area contributed by atoms with Gasteiger partial charge in [0.1, 0.15) is 11.9 Å². The first-order chi connectivity index (χ1) is 10.9. The van der Waals surface area contributed by atoms with Gasteiger partial charge in [0, 0.05) is 12.1 Å². The molecule has 4 nitrogen and oxygen atoms in total. The molecule has 1 atom stereocenters. The summed E-state index contributed by atoms with van der Waals surface area (Å²) in [6, 6.07) is 7.89. The van der Waals surface area contributed by atoms with Crippen LogP contribution < -0.4 is 0 Å². The van der Waals surface area contributed by atoms with E-state index in [9.17, 15) is 18.0 Å². The molecule has 0 unspecified atom stereocenters. The zero-order valence-corrected chi connectivity index (χ0v) is 12.0. The zero-order valence-electron chi connectivity index (χ0n) is 12.0. The monoisotopic (exact) mass is 325 g/mol. The van der Waals surface area contributed by atoms with Gasteiger partial charge in [-0.15, -0.1) is 0 Å². The quantitative estimate of drug-likeness (QED) is 0.848. The lowest BCUT2D eigenvalue weighted by molar-refractivity contribution is -0.137. The fraction of sp³-hybridized carbons (Fsp3) is 0.312. The van der Waals surface area contributed by atoms with Crippen molar-refractivity contribution in [3.05, 3.63) is 59.5 Å². The third-order valence-corrected chi connectivity index (χ3v) is 3.65. The second kappa shape index (κ2) is 6.08. The van der Waals surface area contributed by atoms with Crippen molar-refractivity contribution in [1.29, 1.82) is 0 Å². The number of nitrogens with zero attached hydrogens (tertiary/aromatic N) is 1. The topological polar surface area (TPSA) is 42.7 Å². The number of carbonyl (C=O) groups is 1. The Morgan fingerprint density at radius 3 is 2.74 bits per heavy atom. The number of rotatable bonds is 2. The summed E-state index contributed by atoms with van der Waals surface area (Å²) in [5, 5.41) is 0. The smallest absolute Gasteiger partial charge is 0.416 e.